The average molecular weight is 507 g/mol. The van der Waals surface area contributed by atoms with Crippen LogP contribution in [0.3, 0.4) is 0 Å². The van der Waals surface area contributed by atoms with Gasteiger partial charge >= 0.3 is 6.18 Å². The molecule has 2 bridgehead atoms. The van der Waals surface area contributed by atoms with Crippen LogP contribution in [-0.2, 0) is 10.2 Å². The van der Waals surface area contributed by atoms with E-state index in [9.17, 15) is 22.8 Å². The number of fused-ring (bicyclic) bond motifs is 2. The number of hydrogen-bond donors (Lipinski definition) is 2. The fourth-order valence-electron chi connectivity index (χ4n) is 5.49. The molecular weight excluding hydrogens is 481 g/mol. The smallest absolute Gasteiger partial charge is 0.352 e. The highest BCUT2D eigenvalue weighted by Gasteiger charge is 2.52. The number of aromatic nitrogens is 1. The maximum Gasteiger partial charge on any atom is 0.405 e. The van der Waals surface area contributed by atoms with Crippen LogP contribution in [0.2, 0.25) is 5.02 Å². The third-order valence-electron chi connectivity index (χ3n) is 7.37. The van der Waals surface area contributed by atoms with Crippen LogP contribution in [0, 0.1) is 0 Å². The molecule has 2 unspecified atom stereocenters. The first-order chi connectivity index (χ1) is 16.6. The number of alkyl halides is 3. The summed E-state index contributed by atoms with van der Waals surface area (Å²) >= 11 is 6.00. The minimum atomic E-state index is -4.46. The van der Waals surface area contributed by atoms with Gasteiger partial charge < -0.3 is 15.5 Å². The van der Waals surface area contributed by atoms with Gasteiger partial charge in [0.1, 0.15) is 12.4 Å². The topological polar surface area (TPSA) is 74.3 Å². The Balaban J connectivity index is 1.20. The van der Waals surface area contributed by atoms with Gasteiger partial charge in [-0.25, -0.2) is 4.98 Å². The highest BCUT2D eigenvalue weighted by atomic mass is 35.5. The highest BCUT2D eigenvalue weighted by Crippen LogP contribution is 2.49. The number of anilines is 1. The Bertz CT molecular complexity index is 1090. The van der Waals surface area contributed by atoms with Gasteiger partial charge in [0.15, 0.2) is 0 Å². The summed E-state index contributed by atoms with van der Waals surface area (Å²) in [5.41, 5.74) is 0.637. The van der Waals surface area contributed by atoms with Crippen LogP contribution >= 0.6 is 11.6 Å². The monoisotopic (exact) mass is 506 g/mol. The molecule has 3 heterocycles. The van der Waals surface area contributed by atoms with Crippen molar-refractivity contribution in [3.05, 3.63) is 58.7 Å². The van der Waals surface area contributed by atoms with E-state index < -0.39 is 24.0 Å². The fraction of sp³-hybridized carbons (Fsp3) is 0.480. The summed E-state index contributed by atoms with van der Waals surface area (Å²) in [6.07, 6.45) is 2.08. The number of halogens is 4. The fourth-order valence-corrected chi connectivity index (χ4v) is 5.61. The van der Waals surface area contributed by atoms with Gasteiger partial charge in [-0.15, -0.1) is 0 Å². The molecular formula is C25H26ClF3N4O2. The van der Waals surface area contributed by atoms with Gasteiger partial charge in [-0.3, -0.25) is 9.59 Å². The van der Waals surface area contributed by atoms with Crippen molar-refractivity contribution in [3.8, 4) is 0 Å². The first-order valence-corrected chi connectivity index (χ1v) is 12.2. The second-order valence-corrected chi connectivity index (χ2v) is 10.2. The van der Waals surface area contributed by atoms with Gasteiger partial charge in [0.25, 0.3) is 5.91 Å². The molecule has 1 aliphatic carbocycles. The molecule has 2 amide bonds. The third-order valence-corrected chi connectivity index (χ3v) is 7.63. The molecule has 2 aromatic rings. The van der Waals surface area contributed by atoms with E-state index in [1.807, 2.05) is 29.6 Å². The third kappa shape index (κ3) is 4.96. The minimum Gasteiger partial charge on any atom is -0.352 e. The molecule has 1 saturated carbocycles. The van der Waals surface area contributed by atoms with Crippen LogP contribution in [0.5, 0.6) is 0 Å². The number of carbonyl (C=O) groups excluding carboxylic acids is 2. The van der Waals surface area contributed by atoms with Crippen LogP contribution in [0.1, 0.15) is 54.4 Å². The maximum absolute atomic E-state index is 13.2. The predicted molar refractivity (Wildman–Crippen MR) is 125 cm³/mol. The number of benzene rings is 1. The standard InChI is InChI=1S/C25H26ClF3N4O2/c26-17-4-2-16(3-5-17)24(9-10-24)23(35)32-18-11-19-6-7-20(12-18)33(19)21-8-1-15(13-30-21)22(34)31-14-25(27,28)29/h1-5,8,13,18-20H,6-7,9-12,14H2,(H,31,34)(H,32,35). The zero-order chi connectivity index (χ0) is 24.8. The van der Waals surface area contributed by atoms with Crippen molar-refractivity contribution in [3.63, 3.8) is 0 Å². The number of piperidine rings is 1. The molecule has 3 aliphatic rings. The molecule has 1 aromatic carbocycles. The van der Waals surface area contributed by atoms with Crippen LogP contribution in [0.15, 0.2) is 42.6 Å². The van der Waals surface area contributed by atoms with Crippen LogP contribution in [-0.4, -0.2) is 47.6 Å². The van der Waals surface area contributed by atoms with Crippen LogP contribution in [0.25, 0.3) is 0 Å². The van der Waals surface area contributed by atoms with E-state index in [0.717, 1.165) is 44.1 Å². The SMILES string of the molecule is O=C(NCC(F)(F)F)c1ccc(N2C3CCC2CC(NC(=O)C2(c4ccc(Cl)cc4)CC2)C3)nc1. The molecule has 186 valence electrons. The summed E-state index contributed by atoms with van der Waals surface area (Å²) in [5.74, 6) is -0.0278. The Morgan fingerprint density at radius 1 is 1.06 bits per heavy atom. The van der Waals surface area contributed by atoms with Gasteiger partial charge in [0, 0.05) is 29.3 Å². The number of carbonyl (C=O) groups is 2. The lowest BCUT2D eigenvalue weighted by molar-refractivity contribution is -0.124. The Morgan fingerprint density at radius 3 is 2.26 bits per heavy atom. The van der Waals surface area contributed by atoms with Gasteiger partial charge in [-0.1, -0.05) is 23.7 Å². The predicted octanol–water partition coefficient (Wildman–Crippen LogP) is 4.37. The molecule has 2 N–H and O–H groups in total. The van der Waals surface area contributed by atoms with E-state index in [1.54, 1.807) is 6.07 Å². The van der Waals surface area contributed by atoms with E-state index >= 15 is 0 Å². The molecule has 2 saturated heterocycles. The number of pyridine rings is 1. The molecule has 6 nitrogen and oxygen atoms in total. The lowest BCUT2D eigenvalue weighted by atomic mass is 9.92. The summed E-state index contributed by atoms with van der Waals surface area (Å²) in [6.45, 7) is -1.38. The lowest BCUT2D eigenvalue weighted by Crippen LogP contribution is -2.52. The van der Waals surface area contributed by atoms with Crippen molar-refractivity contribution in [2.45, 2.75) is 68.2 Å². The van der Waals surface area contributed by atoms with Crippen molar-refractivity contribution in [2.24, 2.45) is 0 Å². The van der Waals surface area contributed by atoms with E-state index in [-0.39, 0.29) is 29.6 Å². The quantitative estimate of drug-likeness (QED) is 0.610. The summed E-state index contributed by atoms with van der Waals surface area (Å²) in [4.78, 5) is 31.8. The van der Waals surface area contributed by atoms with E-state index in [4.69, 9.17) is 11.6 Å². The molecule has 0 spiro atoms. The number of nitrogens with one attached hydrogen (secondary N) is 2. The Hall–Kier alpha value is -2.81. The van der Waals surface area contributed by atoms with Crippen molar-refractivity contribution in [1.29, 1.82) is 0 Å². The number of hydrogen-bond acceptors (Lipinski definition) is 4. The van der Waals surface area contributed by atoms with Crippen molar-refractivity contribution in [1.82, 2.24) is 15.6 Å². The van der Waals surface area contributed by atoms with E-state index in [0.29, 0.717) is 10.8 Å². The zero-order valence-corrected chi connectivity index (χ0v) is 19.7. The molecule has 2 aliphatic heterocycles. The molecule has 5 rings (SSSR count). The molecule has 0 radical (unpaired) electrons. The number of nitrogens with zero attached hydrogens (tertiary/aromatic N) is 2. The van der Waals surface area contributed by atoms with Gasteiger partial charge in [-0.05, 0) is 68.4 Å². The Morgan fingerprint density at radius 2 is 1.71 bits per heavy atom. The second kappa shape index (κ2) is 9.00. The highest BCUT2D eigenvalue weighted by molar-refractivity contribution is 6.30. The second-order valence-electron chi connectivity index (χ2n) is 9.73. The normalized spacial score (nSPS) is 24.7. The number of amides is 2. The maximum atomic E-state index is 13.2. The Labute approximate surface area is 206 Å². The number of rotatable bonds is 6. The molecule has 2 atom stereocenters. The van der Waals surface area contributed by atoms with Crippen LogP contribution in [0.4, 0.5) is 19.0 Å². The largest absolute Gasteiger partial charge is 0.405 e. The lowest BCUT2D eigenvalue weighted by Gasteiger charge is -2.40. The van der Waals surface area contributed by atoms with Gasteiger partial charge in [-0.2, -0.15) is 13.2 Å². The summed E-state index contributed by atoms with van der Waals surface area (Å²) in [7, 11) is 0. The first-order valence-electron chi connectivity index (χ1n) is 11.8. The summed E-state index contributed by atoms with van der Waals surface area (Å²) in [6, 6.07) is 11.2. The first kappa shape index (κ1) is 23.9. The van der Waals surface area contributed by atoms with Gasteiger partial charge in [0.05, 0.1) is 11.0 Å². The van der Waals surface area contributed by atoms with E-state index in [2.05, 4.69) is 15.2 Å². The van der Waals surface area contributed by atoms with Gasteiger partial charge in [0.2, 0.25) is 5.91 Å². The average Bonchev–Trinajstić information content (AvgIpc) is 3.58. The van der Waals surface area contributed by atoms with Crippen molar-refractivity contribution < 1.29 is 22.8 Å². The Kier molecular flexibility index (Phi) is 6.15. The van der Waals surface area contributed by atoms with E-state index in [1.165, 1.54) is 12.3 Å². The molecule has 10 heteroatoms. The summed E-state index contributed by atoms with van der Waals surface area (Å²) < 4.78 is 37.0. The molecule has 3 fully saturated rings. The molecule has 35 heavy (non-hydrogen) atoms. The molecule has 1 aromatic heterocycles. The minimum absolute atomic E-state index is 0.0741. The van der Waals surface area contributed by atoms with Crippen molar-refractivity contribution >= 4 is 29.2 Å². The van der Waals surface area contributed by atoms with Crippen LogP contribution < -0.4 is 15.5 Å². The zero-order valence-electron chi connectivity index (χ0n) is 18.9. The summed E-state index contributed by atoms with van der Waals surface area (Å²) in [5, 5.41) is 5.80. The van der Waals surface area contributed by atoms with Crippen molar-refractivity contribution in [2.75, 3.05) is 11.4 Å².